The second-order valence-electron chi connectivity index (χ2n) is 4.19. The number of rotatable bonds is 5. The first-order chi connectivity index (χ1) is 7.13. The van der Waals surface area contributed by atoms with E-state index < -0.39 is 0 Å². The van der Waals surface area contributed by atoms with Crippen molar-refractivity contribution in [3.63, 3.8) is 0 Å². The SMILES string of the molecule is CCC(C)CN[C@@H](C)c1ccc(Cl)cc1. The van der Waals surface area contributed by atoms with Crippen LogP contribution < -0.4 is 5.32 Å². The van der Waals surface area contributed by atoms with Crippen molar-refractivity contribution in [3.8, 4) is 0 Å². The Bertz CT molecular complexity index is 281. The van der Waals surface area contributed by atoms with Crippen LogP contribution in [0.3, 0.4) is 0 Å². The van der Waals surface area contributed by atoms with Gasteiger partial charge in [0, 0.05) is 11.1 Å². The fourth-order valence-electron chi connectivity index (χ4n) is 1.39. The third kappa shape index (κ3) is 4.23. The molecule has 1 aromatic carbocycles. The summed E-state index contributed by atoms with van der Waals surface area (Å²) in [6, 6.07) is 8.44. The third-order valence-electron chi connectivity index (χ3n) is 2.84. The van der Waals surface area contributed by atoms with Crippen LogP contribution in [0.2, 0.25) is 5.02 Å². The molecule has 1 unspecified atom stereocenters. The monoisotopic (exact) mass is 225 g/mol. The standard InChI is InChI=1S/C13H20ClN/c1-4-10(2)9-15-11(3)12-5-7-13(14)8-6-12/h5-8,10-11,15H,4,9H2,1-3H3/t10?,11-/m0/s1. The van der Waals surface area contributed by atoms with Gasteiger partial charge in [0.05, 0.1) is 0 Å². The Hall–Kier alpha value is -0.530. The smallest absolute Gasteiger partial charge is 0.0406 e. The van der Waals surface area contributed by atoms with E-state index >= 15 is 0 Å². The van der Waals surface area contributed by atoms with Gasteiger partial charge in [-0.25, -0.2) is 0 Å². The van der Waals surface area contributed by atoms with Gasteiger partial charge in [0.15, 0.2) is 0 Å². The highest BCUT2D eigenvalue weighted by Gasteiger charge is 2.05. The highest BCUT2D eigenvalue weighted by molar-refractivity contribution is 6.30. The maximum absolute atomic E-state index is 5.85. The third-order valence-corrected chi connectivity index (χ3v) is 3.09. The summed E-state index contributed by atoms with van der Waals surface area (Å²) in [5, 5.41) is 4.32. The lowest BCUT2D eigenvalue weighted by molar-refractivity contribution is 0.461. The van der Waals surface area contributed by atoms with Crippen LogP contribution in [0.5, 0.6) is 0 Å². The van der Waals surface area contributed by atoms with Crippen molar-refractivity contribution in [1.29, 1.82) is 0 Å². The average molecular weight is 226 g/mol. The molecule has 2 heteroatoms. The highest BCUT2D eigenvalue weighted by atomic mass is 35.5. The van der Waals surface area contributed by atoms with E-state index in [0.29, 0.717) is 6.04 Å². The summed E-state index contributed by atoms with van der Waals surface area (Å²) < 4.78 is 0. The zero-order valence-electron chi connectivity index (χ0n) is 9.76. The molecule has 0 aromatic heterocycles. The van der Waals surface area contributed by atoms with Crippen LogP contribution in [0.1, 0.15) is 38.8 Å². The van der Waals surface area contributed by atoms with Gasteiger partial charge in [-0.3, -0.25) is 0 Å². The van der Waals surface area contributed by atoms with Gasteiger partial charge >= 0.3 is 0 Å². The summed E-state index contributed by atoms with van der Waals surface area (Å²) in [7, 11) is 0. The van der Waals surface area contributed by atoms with E-state index in [-0.39, 0.29) is 0 Å². The molecule has 1 rings (SSSR count). The van der Waals surface area contributed by atoms with E-state index in [2.05, 4.69) is 38.2 Å². The molecule has 0 aliphatic heterocycles. The van der Waals surface area contributed by atoms with Crippen molar-refractivity contribution in [2.45, 2.75) is 33.2 Å². The minimum absolute atomic E-state index is 0.399. The summed E-state index contributed by atoms with van der Waals surface area (Å²) in [6.07, 6.45) is 1.22. The molecular weight excluding hydrogens is 206 g/mol. The molecule has 0 saturated carbocycles. The van der Waals surface area contributed by atoms with E-state index in [1.807, 2.05) is 12.1 Å². The Balaban J connectivity index is 2.46. The molecule has 0 aliphatic carbocycles. The number of halogens is 1. The molecule has 84 valence electrons. The van der Waals surface area contributed by atoms with Gasteiger partial charge in [-0.05, 0) is 37.1 Å². The van der Waals surface area contributed by atoms with Crippen LogP contribution in [-0.4, -0.2) is 6.54 Å². The quantitative estimate of drug-likeness (QED) is 0.798. The molecule has 0 radical (unpaired) electrons. The Morgan fingerprint density at radius 2 is 1.80 bits per heavy atom. The zero-order valence-corrected chi connectivity index (χ0v) is 10.5. The summed E-state index contributed by atoms with van der Waals surface area (Å²) in [5.74, 6) is 0.736. The van der Waals surface area contributed by atoms with Gasteiger partial charge in [0.2, 0.25) is 0 Å². The summed E-state index contributed by atoms with van der Waals surface area (Å²) in [4.78, 5) is 0. The number of benzene rings is 1. The van der Waals surface area contributed by atoms with Gasteiger partial charge in [-0.2, -0.15) is 0 Å². The van der Waals surface area contributed by atoms with Crippen molar-refractivity contribution in [2.24, 2.45) is 5.92 Å². The van der Waals surface area contributed by atoms with Crippen molar-refractivity contribution < 1.29 is 0 Å². The van der Waals surface area contributed by atoms with Gasteiger partial charge in [0.25, 0.3) is 0 Å². The Kier molecular flexibility index (Phi) is 5.13. The molecule has 0 aliphatic rings. The van der Waals surface area contributed by atoms with Crippen molar-refractivity contribution >= 4 is 11.6 Å². The van der Waals surface area contributed by atoms with Crippen LogP contribution in [0.15, 0.2) is 24.3 Å². The van der Waals surface area contributed by atoms with E-state index in [0.717, 1.165) is 17.5 Å². The first-order valence-corrected chi connectivity index (χ1v) is 6.00. The molecular formula is C13H20ClN. The Labute approximate surface area is 97.8 Å². The molecule has 1 aromatic rings. The maximum Gasteiger partial charge on any atom is 0.0406 e. The minimum atomic E-state index is 0.399. The predicted molar refractivity (Wildman–Crippen MR) is 67.3 cm³/mol. The van der Waals surface area contributed by atoms with Crippen LogP contribution in [0.25, 0.3) is 0 Å². The van der Waals surface area contributed by atoms with Crippen LogP contribution in [0, 0.1) is 5.92 Å². The first-order valence-electron chi connectivity index (χ1n) is 5.62. The van der Waals surface area contributed by atoms with E-state index in [9.17, 15) is 0 Å². The number of hydrogen-bond acceptors (Lipinski definition) is 1. The number of hydrogen-bond donors (Lipinski definition) is 1. The molecule has 0 spiro atoms. The van der Waals surface area contributed by atoms with Gasteiger partial charge in [-0.1, -0.05) is 44.0 Å². The molecule has 15 heavy (non-hydrogen) atoms. The van der Waals surface area contributed by atoms with E-state index in [1.54, 1.807) is 0 Å². The fourth-order valence-corrected chi connectivity index (χ4v) is 1.52. The second-order valence-corrected chi connectivity index (χ2v) is 4.63. The largest absolute Gasteiger partial charge is 0.310 e. The van der Waals surface area contributed by atoms with Gasteiger partial charge in [0.1, 0.15) is 0 Å². The molecule has 1 nitrogen and oxygen atoms in total. The molecule has 0 heterocycles. The predicted octanol–water partition coefficient (Wildman–Crippen LogP) is 4.04. The Morgan fingerprint density at radius 3 is 2.33 bits per heavy atom. The zero-order chi connectivity index (χ0) is 11.3. The van der Waals surface area contributed by atoms with Crippen molar-refractivity contribution in [2.75, 3.05) is 6.54 Å². The topological polar surface area (TPSA) is 12.0 Å². The van der Waals surface area contributed by atoms with Gasteiger partial charge in [-0.15, -0.1) is 0 Å². The van der Waals surface area contributed by atoms with Crippen LogP contribution >= 0.6 is 11.6 Å². The molecule has 0 bridgehead atoms. The minimum Gasteiger partial charge on any atom is -0.310 e. The fraction of sp³-hybridized carbons (Fsp3) is 0.538. The Morgan fingerprint density at radius 1 is 1.20 bits per heavy atom. The van der Waals surface area contributed by atoms with E-state index in [1.165, 1.54) is 12.0 Å². The lowest BCUT2D eigenvalue weighted by atomic mass is 10.1. The normalized spacial score (nSPS) is 14.9. The molecule has 0 fully saturated rings. The average Bonchev–Trinajstić information content (AvgIpc) is 2.26. The van der Waals surface area contributed by atoms with Crippen LogP contribution in [0.4, 0.5) is 0 Å². The van der Waals surface area contributed by atoms with Crippen molar-refractivity contribution in [1.82, 2.24) is 5.32 Å². The van der Waals surface area contributed by atoms with E-state index in [4.69, 9.17) is 11.6 Å². The first kappa shape index (κ1) is 12.5. The lowest BCUT2D eigenvalue weighted by Gasteiger charge is -2.17. The van der Waals surface area contributed by atoms with Gasteiger partial charge < -0.3 is 5.32 Å². The summed E-state index contributed by atoms with van der Waals surface area (Å²) in [6.45, 7) is 7.74. The van der Waals surface area contributed by atoms with Crippen molar-refractivity contribution in [3.05, 3.63) is 34.9 Å². The molecule has 0 amide bonds. The lowest BCUT2D eigenvalue weighted by Crippen LogP contribution is -2.24. The highest BCUT2D eigenvalue weighted by Crippen LogP contribution is 2.16. The maximum atomic E-state index is 5.85. The summed E-state index contributed by atoms with van der Waals surface area (Å²) >= 11 is 5.85. The molecule has 0 saturated heterocycles. The second kappa shape index (κ2) is 6.14. The number of nitrogens with one attached hydrogen (secondary N) is 1. The molecule has 2 atom stereocenters. The summed E-state index contributed by atoms with van der Waals surface area (Å²) in [5.41, 5.74) is 1.29. The molecule has 1 N–H and O–H groups in total. The van der Waals surface area contributed by atoms with Crippen LogP contribution in [-0.2, 0) is 0 Å².